The van der Waals surface area contributed by atoms with Crippen molar-refractivity contribution >= 4 is 35.3 Å². The molecule has 2 rings (SSSR count). The van der Waals surface area contributed by atoms with Crippen LogP contribution in [0.4, 0.5) is 0 Å². The summed E-state index contributed by atoms with van der Waals surface area (Å²) in [5, 5.41) is 16.7. The highest BCUT2D eigenvalue weighted by Gasteiger charge is 2.32. The van der Waals surface area contributed by atoms with Gasteiger partial charge in [0.25, 0.3) is 0 Å². The van der Waals surface area contributed by atoms with E-state index in [2.05, 4.69) is 5.32 Å². The summed E-state index contributed by atoms with van der Waals surface area (Å²) in [5.74, 6) is -0.167. The van der Waals surface area contributed by atoms with Crippen LogP contribution in [0.25, 0.3) is 0 Å². The number of nitrogens with two attached hydrogens (primary N) is 1. The van der Waals surface area contributed by atoms with Gasteiger partial charge >= 0.3 is 5.97 Å². The molecule has 5 N–H and O–H groups in total. The Balaban J connectivity index is 0.000000546. The van der Waals surface area contributed by atoms with E-state index in [1.807, 2.05) is 0 Å². The van der Waals surface area contributed by atoms with E-state index in [4.69, 9.17) is 37.6 Å². The SMILES string of the molecule is CC(C)OC(=O)C(C)(C)Oc1ccc(C(=O)c2ccc(Cl)cc2)cc1.CN(C)C(=N)NC(=N)N. The average molecular weight is 490 g/mol. The van der Waals surface area contributed by atoms with Gasteiger partial charge in [-0.3, -0.25) is 20.9 Å². The standard InChI is InChI=1S/C20H21ClO4.C4H11N5/c1-13(2)24-19(23)20(3,4)25-17-11-7-15(8-12-17)18(22)14-5-9-16(21)10-6-14;1-9(2)4(7)8-3(5)6/h5-13H,1-4H3;1-2H3,(H5,5,6,7,8). The van der Waals surface area contributed by atoms with Crippen LogP contribution in [0, 0.1) is 10.8 Å². The normalized spacial score (nSPS) is 10.5. The maximum absolute atomic E-state index is 12.4. The van der Waals surface area contributed by atoms with Crippen LogP contribution < -0.4 is 15.8 Å². The van der Waals surface area contributed by atoms with Crippen LogP contribution in [-0.2, 0) is 9.53 Å². The van der Waals surface area contributed by atoms with Crippen molar-refractivity contribution in [2.24, 2.45) is 5.73 Å². The van der Waals surface area contributed by atoms with Crippen molar-refractivity contribution in [3.05, 3.63) is 64.7 Å². The zero-order valence-electron chi connectivity index (χ0n) is 20.2. The molecule has 0 saturated heterocycles. The molecule has 34 heavy (non-hydrogen) atoms. The van der Waals surface area contributed by atoms with Gasteiger partial charge in [0.1, 0.15) is 5.75 Å². The number of guanidine groups is 2. The molecule has 2 aromatic carbocycles. The minimum atomic E-state index is -1.12. The van der Waals surface area contributed by atoms with Crippen LogP contribution in [0.15, 0.2) is 48.5 Å². The van der Waals surface area contributed by atoms with E-state index in [1.54, 1.807) is 90.3 Å². The third-order valence-corrected chi connectivity index (χ3v) is 4.38. The summed E-state index contributed by atoms with van der Waals surface area (Å²) in [6.07, 6.45) is -0.213. The third-order valence-electron chi connectivity index (χ3n) is 4.13. The molecule has 2 aromatic rings. The van der Waals surface area contributed by atoms with Gasteiger partial charge in [0, 0.05) is 30.2 Å². The smallest absolute Gasteiger partial charge is 0.350 e. The fraction of sp³-hybridized carbons (Fsp3) is 0.333. The van der Waals surface area contributed by atoms with E-state index >= 15 is 0 Å². The lowest BCUT2D eigenvalue weighted by molar-refractivity contribution is -0.163. The topological polar surface area (TPSA) is 142 Å². The lowest BCUT2D eigenvalue weighted by atomic mass is 10.0. The summed E-state index contributed by atoms with van der Waals surface area (Å²) in [4.78, 5) is 26.0. The minimum Gasteiger partial charge on any atom is -0.476 e. The number of nitrogens with zero attached hydrogens (tertiary/aromatic N) is 1. The summed E-state index contributed by atoms with van der Waals surface area (Å²) in [6.45, 7) is 6.85. The van der Waals surface area contributed by atoms with Crippen molar-refractivity contribution in [2.75, 3.05) is 14.1 Å². The maximum atomic E-state index is 12.4. The zero-order chi connectivity index (χ0) is 26.1. The van der Waals surface area contributed by atoms with Gasteiger partial charge in [-0.15, -0.1) is 0 Å². The fourth-order valence-electron chi connectivity index (χ4n) is 2.37. The number of halogens is 1. The molecule has 0 fully saturated rings. The number of nitrogens with one attached hydrogen (secondary N) is 3. The number of ketones is 1. The number of carbonyl (C=O) groups excluding carboxylic acids is 2. The first kappa shape index (κ1) is 28.4. The molecule has 0 unspecified atom stereocenters. The highest BCUT2D eigenvalue weighted by molar-refractivity contribution is 6.30. The Morgan fingerprint density at radius 2 is 1.47 bits per heavy atom. The number of hydrogen-bond donors (Lipinski definition) is 4. The van der Waals surface area contributed by atoms with Crippen molar-refractivity contribution in [1.82, 2.24) is 10.2 Å². The molecular weight excluding hydrogens is 458 g/mol. The summed E-state index contributed by atoms with van der Waals surface area (Å²) in [5.41, 5.74) is 4.90. The van der Waals surface area contributed by atoms with E-state index in [0.29, 0.717) is 21.9 Å². The molecule has 0 amide bonds. The molecule has 10 heteroatoms. The van der Waals surface area contributed by atoms with Crippen LogP contribution in [-0.4, -0.2) is 54.4 Å². The molecule has 0 aliphatic rings. The second-order valence-electron chi connectivity index (χ2n) is 8.21. The molecule has 0 saturated carbocycles. The first-order chi connectivity index (χ1) is 15.7. The Hall–Kier alpha value is -3.59. The van der Waals surface area contributed by atoms with Crippen LogP contribution in [0.1, 0.15) is 43.6 Å². The number of ether oxygens (including phenoxy) is 2. The van der Waals surface area contributed by atoms with E-state index in [9.17, 15) is 9.59 Å². The molecule has 0 aliphatic carbocycles. The summed E-state index contributed by atoms with van der Waals surface area (Å²) >= 11 is 5.84. The van der Waals surface area contributed by atoms with E-state index in [-0.39, 0.29) is 23.8 Å². The monoisotopic (exact) mass is 489 g/mol. The fourth-order valence-corrected chi connectivity index (χ4v) is 2.50. The minimum absolute atomic E-state index is 0.110. The Morgan fingerprint density at radius 1 is 1.00 bits per heavy atom. The number of rotatable bonds is 6. The zero-order valence-corrected chi connectivity index (χ0v) is 21.0. The number of hydrogen-bond acceptors (Lipinski definition) is 6. The molecule has 0 radical (unpaired) electrons. The van der Waals surface area contributed by atoms with Crippen LogP contribution in [0.5, 0.6) is 5.75 Å². The van der Waals surface area contributed by atoms with Gasteiger partial charge in [0.2, 0.25) is 0 Å². The summed E-state index contributed by atoms with van der Waals surface area (Å²) in [6, 6.07) is 13.4. The van der Waals surface area contributed by atoms with Gasteiger partial charge in [-0.1, -0.05) is 11.6 Å². The molecule has 0 heterocycles. The summed E-state index contributed by atoms with van der Waals surface area (Å²) < 4.78 is 10.9. The van der Waals surface area contributed by atoms with Crippen molar-refractivity contribution in [2.45, 2.75) is 39.4 Å². The first-order valence-corrected chi connectivity index (χ1v) is 10.8. The van der Waals surface area contributed by atoms with Crippen LogP contribution in [0.3, 0.4) is 0 Å². The quantitative estimate of drug-likeness (QED) is 0.210. The van der Waals surface area contributed by atoms with Crippen molar-refractivity contribution in [1.29, 1.82) is 10.8 Å². The van der Waals surface area contributed by atoms with E-state index in [0.717, 1.165) is 0 Å². The highest BCUT2D eigenvalue weighted by atomic mass is 35.5. The number of carbonyl (C=O) groups is 2. The van der Waals surface area contributed by atoms with Crippen molar-refractivity contribution in [3.63, 3.8) is 0 Å². The largest absolute Gasteiger partial charge is 0.476 e. The van der Waals surface area contributed by atoms with E-state index in [1.165, 1.54) is 4.90 Å². The Kier molecular flexibility index (Phi) is 10.5. The lowest BCUT2D eigenvalue weighted by Gasteiger charge is -2.25. The second kappa shape index (κ2) is 12.6. The lowest BCUT2D eigenvalue weighted by Crippen LogP contribution is -2.42. The van der Waals surface area contributed by atoms with Gasteiger partial charge in [-0.2, -0.15) is 0 Å². The Bertz CT molecular complexity index is 1000. The van der Waals surface area contributed by atoms with Gasteiger partial charge in [-0.25, -0.2) is 4.79 Å². The van der Waals surface area contributed by atoms with Gasteiger partial charge in [0.15, 0.2) is 23.3 Å². The predicted molar refractivity (Wildman–Crippen MR) is 134 cm³/mol. The Morgan fingerprint density at radius 3 is 1.85 bits per heavy atom. The molecule has 0 bridgehead atoms. The molecule has 0 atom stereocenters. The van der Waals surface area contributed by atoms with Crippen molar-refractivity contribution < 1.29 is 19.1 Å². The van der Waals surface area contributed by atoms with Crippen LogP contribution >= 0.6 is 11.6 Å². The van der Waals surface area contributed by atoms with Gasteiger partial charge in [-0.05, 0) is 76.2 Å². The first-order valence-electron chi connectivity index (χ1n) is 10.4. The van der Waals surface area contributed by atoms with Gasteiger partial charge in [0.05, 0.1) is 6.10 Å². The predicted octanol–water partition coefficient (Wildman–Crippen LogP) is 3.65. The third kappa shape index (κ3) is 9.50. The van der Waals surface area contributed by atoms with E-state index < -0.39 is 11.6 Å². The maximum Gasteiger partial charge on any atom is 0.350 e. The highest BCUT2D eigenvalue weighted by Crippen LogP contribution is 2.22. The molecular formula is C24H32ClN5O4. The van der Waals surface area contributed by atoms with Gasteiger partial charge < -0.3 is 20.1 Å². The van der Waals surface area contributed by atoms with Crippen LogP contribution in [0.2, 0.25) is 5.02 Å². The Labute approximate surface area is 205 Å². The second-order valence-corrected chi connectivity index (χ2v) is 8.64. The van der Waals surface area contributed by atoms with Crippen molar-refractivity contribution in [3.8, 4) is 5.75 Å². The molecule has 0 spiro atoms. The average Bonchev–Trinajstić information content (AvgIpc) is 2.73. The molecule has 0 aliphatic heterocycles. The number of esters is 1. The summed E-state index contributed by atoms with van der Waals surface area (Å²) in [7, 11) is 3.39. The molecule has 0 aromatic heterocycles. The number of benzene rings is 2. The molecule has 9 nitrogen and oxygen atoms in total. The molecule has 184 valence electrons.